The number of methoxy groups -OCH3 is 1. The minimum absolute atomic E-state index is 0.00487. The Hall–Kier alpha value is -2.04. The highest BCUT2D eigenvalue weighted by Crippen LogP contribution is 2.29. The van der Waals surface area contributed by atoms with E-state index in [0.717, 1.165) is 12.8 Å². The van der Waals surface area contributed by atoms with Gasteiger partial charge in [0.05, 0.1) is 13.7 Å². The Morgan fingerprint density at radius 3 is 2.68 bits per heavy atom. The van der Waals surface area contributed by atoms with Gasteiger partial charge in [-0.3, -0.25) is 4.79 Å². The van der Waals surface area contributed by atoms with Gasteiger partial charge in [0.2, 0.25) is 10.0 Å². The summed E-state index contributed by atoms with van der Waals surface area (Å²) in [4.78, 5) is 12.0. The van der Waals surface area contributed by atoms with Crippen LogP contribution in [-0.4, -0.2) is 45.4 Å². The molecule has 2 rings (SSSR count). The molecule has 0 saturated carbocycles. The molecule has 1 aromatic carbocycles. The smallest absolute Gasteiger partial charge is 0.252 e. The molecule has 22 heavy (non-hydrogen) atoms. The lowest BCUT2D eigenvalue weighted by molar-refractivity contribution is 0.0958. The summed E-state index contributed by atoms with van der Waals surface area (Å²) in [7, 11) is -2.27. The predicted octanol–water partition coefficient (Wildman–Crippen LogP) is 0.843. The number of rotatable bonds is 5. The first-order valence-corrected chi connectivity index (χ1v) is 8.34. The van der Waals surface area contributed by atoms with E-state index >= 15 is 0 Å². The van der Waals surface area contributed by atoms with Gasteiger partial charge < -0.3 is 10.1 Å². The van der Waals surface area contributed by atoms with E-state index in [4.69, 9.17) is 11.2 Å². The number of nitrogens with zero attached hydrogens (tertiary/aromatic N) is 1. The number of carbonyl (C=O) groups is 1. The van der Waals surface area contributed by atoms with E-state index in [9.17, 15) is 13.2 Å². The van der Waals surface area contributed by atoms with Crippen molar-refractivity contribution in [3.8, 4) is 18.1 Å². The Kier molecular flexibility index (Phi) is 5.06. The van der Waals surface area contributed by atoms with Gasteiger partial charge in [0.15, 0.2) is 0 Å². The van der Waals surface area contributed by atoms with Crippen molar-refractivity contribution < 1.29 is 17.9 Å². The second-order valence-electron chi connectivity index (χ2n) is 4.86. The van der Waals surface area contributed by atoms with Crippen molar-refractivity contribution in [3.63, 3.8) is 0 Å². The number of hydrogen-bond donors (Lipinski definition) is 1. The van der Waals surface area contributed by atoms with E-state index in [2.05, 4.69) is 11.2 Å². The Labute approximate surface area is 130 Å². The summed E-state index contributed by atoms with van der Waals surface area (Å²) < 4.78 is 31.9. The third kappa shape index (κ3) is 3.24. The molecule has 7 heteroatoms. The average molecular weight is 322 g/mol. The average Bonchev–Trinajstić information content (AvgIpc) is 3.07. The maximum Gasteiger partial charge on any atom is 0.252 e. The topological polar surface area (TPSA) is 75.7 Å². The molecule has 1 aliphatic heterocycles. The van der Waals surface area contributed by atoms with E-state index in [1.807, 2.05) is 0 Å². The number of benzene rings is 1. The van der Waals surface area contributed by atoms with Crippen LogP contribution >= 0.6 is 0 Å². The number of sulfonamides is 1. The summed E-state index contributed by atoms with van der Waals surface area (Å²) in [5.74, 6) is 2.10. The maximum absolute atomic E-state index is 12.7. The Balaban J connectivity index is 2.40. The highest BCUT2D eigenvalue weighted by Gasteiger charge is 2.30. The van der Waals surface area contributed by atoms with Crippen LogP contribution in [0, 0.1) is 12.3 Å². The fraction of sp³-hybridized carbons (Fsp3) is 0.400. The molecule has 118 valence electrons. The van der Waals surface area contributed by atoms with Crippen LogP contribution in [0.15, 0.2) is 23.1 Å². The summed E-state index contributed by atoms with van der Waals surface area (Å²) in [6.07, 6.45) is 6.77. The zero-order valence-corrected chi connectivity index (χ0v) is 13.1. The van der Waals surface area contributed by atoms with E-state index in [-0.39, 0.29) is 22.8 Å². The summed E-state index contributed by atoms with van der Waals surface area (Å²) >= 11 is 0. The van der Waals surface area contributed by atoms with Gasteiger partial charge in [0, 0.05) is 18.7 Å². The quantitative estimate of drug-likeness (QED) is 0.815. The van der Waals surface area contributed by atoms with E-state index in [0.29, 0.717) is 13.1 Å². The lowest BCUT2D eigenvalue weighted by Crippen LogP contribution is -2.29. The largest absolute Gasteiger partial charge is 0.495 e. The summed E-state index contributed by atoms with van der Waals surface area (Å²) in [5, 5.41) is 2.51. The first-order chi connectivity index (χ1) is 10.5. The maximum atomic E-state index is 12.7. The number of ether oxygens (including phenoxy) is 1. The number of amides is 1. The van der Waals surface area contributed by atoms with Gasteiger partial charge in [-0.15, -0.1) is 6.42 Å². The van der Waals surface area contributed by atoms with Crippen LogP contribution < -0.4 is 10.1 Å². The molecule has 1 N–H and O–H groups in total. The molecule has 0 radical (unpaired) electrons. The van der Waals surface area contributed by atoms with Crippen molar-refractivity contribution in [2.75, 3.05) is 26.7 Å². The van der Waals surface area contributed by atoms with Crippen molar-refractivity contribution in [3.05, 3.63) is 23.8 Å². The monoisotopic (exact) mass is 322 g/mol. The molecular formula is C15H18N2O4S. The van der Waals surface area contributed by atoms with Gasteiger partial charge in [0.25, 0.3) is 5.91 Å². The lowest BCUT2D eigenvalue weighted by atomic mass is 10.2. The van der Waals surface area contributed by atoms with Crippen LogP contribution in [0.4, 0.5) is 0 Å². The normalized spacial score (nSPS) is 15.3. The summed E-state index contributed by atoms with van der Waals surface area (Å²) in [6, 6.07) is 4.32. The highest BCUT2D eigenvalue weighted by molar-refractivity contribution is 7.89. The minimum atomic E-state index is -3.67. The lowest BCUT2D eigenvalue weighted by Gasteiger charge is -2.18. The van der Waals surface area contributed by atoms with Crippen LogP contribution in [-0.2, 0) is 10.0 Å². The van der Waals surface area contributed by atoms with Gasteiger partial charge in [0.1, 0.15) is 10.6 Å². The van der Waals surface area contributed by atoms with Gasteiger partial charge in [-0.2, -0.15) is 4.31 Å². The standard InChI is InChI=1S/C15H18N2O4S/c1-3-8-16-15(18)12-6-7-13(21-2)14(11-12)22(19,20)17-9-4-5-10-17/h1,6-7,11H,4-5,8-10H2,2H3,(H,16,18). The Bertz CT molecular complexity index is 701. The van der Waals surface area contributed by atoms with Gasteiger partial charge in [-0.05, 0) is 31.0 Å². The van der Waals surface area contributed by atoms with Crippen molar-refractivity contribution in [1.82, 2.24) is 9.62 Å². The zero-order chi connectivity index (χ0) is 16.2. The summed E-state index contributed by atoms with van der Waals surface area (Å²) in [5.41, 5.74) is 0.230. The molecule has 1 fully saturated rings. The fourth-order valence-electron chi connectivity index (χ4n) is 2.32. The molecule has 1 aliphatic rings. The second-order valence-corrected chi connectivity index (χ2v) is 6.77. The van der Waals surface area contributed by atoms with Crippen molar-refractivity contribution in [2.45, 2.75) is 17.7 Å². The molecular weight excluding hydrogens is 304 g/mol. The van der Waals surface area contributed by atoms with Crippen LogP contribution in [0.2, 0.25) is 0 Å². The van der Waals surface area contributed by atoms with Crippen LogP contribution in [0.3, 0.4) is 0 Å². The second kappa shape index (κ2) is 6.81. The van der Waals surface area contributed by atoms with Crippen molar-refractivity contribution >= 4 is 15.9 Å². The number of carbonyl (C=O) groups excluding carboxylic acids is 1. The molecule has 1 amide bonds. The van der Waals surface area contributed by atoms with E-state index < -0.39 is 15.9 Å². The zero-order valence-electron chi connectivity index (χ0n) is 12.3. The number of hydrogen-bond acceptors (Lipinski definition) is 4. The van der Waals surface area contributed by atoms with E-state index in [1.54, 1.807) is 0 Å². The molecule has 0 unspecified atom stereocenters. The first kappa shape index (κ1) is 16.3. The molecule has 1 heterocycles. The molecule has 0 aromatic heterocycles. The third-order valence-electron chi connectivity index (χ3n) is 3.46. The molecule has 1 saturated heterocycles. The predicted molar refractivity (Wildman–Crippen MR) is 82.2 cm³/mol. The number of nitrogens with one attached hydrogen (secondary N) is 1. The third-order valence-corrected chi connectivity index (χ3v) is 5.38. The summed E-state index contributed by atoms with van der Waals surface area (Å²) in [6.45, 7) is 1.05. The van der Waals surface area contributed by atoms with Gasteiger partial charge in [-0.1, -0.05) is 5.92 Å². The Morgan fingerprint density at radius 2 is 2.09 bits per heavy atom. The minimum Gasteiger partial charge on any atom is -0.495 e. The van der Waals surface area contributed by atoms with Crippen molar-refractivity contribution in [2.24, 2.45) is 0 Å². The van der Waals surface area contributed by atoms with Gasteiger partial charge in [-0.25, -0.2) is 8.42 Å². The molecule has 1 aromatic rings. The van der Waals surface area contributed by atoms with Crippen LogP contribution in [0.25, 0.3) is 0 Å². The molecule has 0 aliphatic carbocycles. The van der Waals surface area contributed by atoms with Crippen LogP contribution in [0.1, 0.15) is 23.2 Å². The van der Waals surface area contributed by atoms with Gasteiger partial charge >= 0.3 is 0 Å². The van der Waals surface area contributed by atoms with Crippen molar-refractivity contribution in [1.29, 1.82) is 0 Å². The van der Waals surface area contributed by atoms with E-state index in [1.165, 1.54) is 29.6 Å². The highest BCUT2D eigenvalue weighted by atomic mass is 32.2. The molecule has 0 spiro atoms. The fourth-order valence-corrected chi connectivity index (χ4v) is 4.02. The molecule has 0 atom stereocenters. The SMILES string of the molecule is C#CCNC(=O)c1ccc(OC)c(S(=O)(=O)N2CCCC2)c1. The number of terminal acetylenes is 1. The molecule has 6 nitrogen and oxygen atoms in total. The first-order valence-electron chi connectivity index (χ1n) is 6.90. The Morgan fingerprint density at radius 1 is 1.41 bits per heavy atom. The van der Waals surface area contributed by atoms with Crippen LogP contribution in [0.5, 0.6) is 5.75 Å². The molecule has 0 bridgehead atoms.